The average Bonchev–Trinajstić information content (AvgIpc) is 3.66. The van der Waals surface area contributed by atoms with Gasteiger partial charge in [-0.2, -0.15) is 0 Å². The molecule has 0 aliphatic heterocycles. The van der Waals surface area contributed by atoms with Crippen molar-refractivity contribution >= 4 is 21.5 Å². The third-order valence-corrected chi connectivity index (χ3v) is 12.0. The van der Waals surface area contributed by atoms with E-state index in [4.69, 9.17) is 0 Å². The van der Waals surface area contributed by atoms with E-state index in [1.807, 2.05) is 0 Å². The first-order chi connectivity index (χ1) is 26.1. The van der Waals surface area contributed by atoms with Crippen molar-refractivity contribution in [3.63, 3.8) is 0 Å². The first-order valence-electron chi connectivity index (χ1n) is 18.7. The third-order valence-electron chi connectivity index (χ3n) is 12.0. The van der Waals surface area contributed by atoms with Gasteiger partial charge in [-0.25, -0.2) is 0 Å². The zero-order chi connectivity index (χ0) is 35.3. The number of fused-ring (bicyclic) bond motifs is 7. The summed E-state index contributed by atoms with van der Waals surface area (Å²) < 4.78 is 0. The van der Waals surface area contributed by atoms with Crippen LogP contribution >= 0.6 is 0 Å². The molecule has 11 rings (SSSR count). The molecule has 0 radical (unpaired) electrons. The molecular formula is C53H36. The normalized spacial score (nSPS) is 13.2. The van der Waals surface area contributed by atoms with Crippen LogP contribution in [-0.4, -0.2) is 0 Å². The highest BCUT2D eigenvalue weighted by Gasteiger charge is 2.36. The summed E-state index contributed by atoms with van der Waals surface area (Å²) in [6.45, 7) is 4.74. The van der Waals surface area contributed by atoms with Crippen LogP contribution in [0.2, 0.25) is 0 Å². The molecule has 0 heterocycles. The SMILES string of the molecule is CC1(C)c2ccccc2-c2ccc(-c3ccc4c5c(cccc35)-c3c-4c(-c4ccccc4)c4ccccc4c3-c3ccc(-c4ccccc4)cc3)cc21. The molecule has 53 heavy (non-hydrogen) atoms. The molecule has 2 aliphatic rings. The highest BCUT2D eigenvalue weighted by atomic mass is 14.4. The number of rotatable bonds is 4. The van der Waals surface area contributed by atoms with Crippen LogP contribution in [0, 0.1) is 0 Å². The van der Waals surface area contributed by atoms with Crippen molar-refractivity contribution in [2.45, 2.75) is 19.3 Å². The van der Waals surface area contributed by atoms with Gasteiger partial charge in [0.25, 0.3) is 0 Å². The van der Waals surface area contributed by atoms with E-state index >= 15 is 0 Å². The first-order valence-corrected chi connectivity index (χ1v) is 18.7. The summed E-state index contributed by atoms with van der Waals surface area (Å²) >= 11 is 0. The van der Waals surface area contributed by atoms with Crippen molar-refractivity contribution in [3.8, 4) is 77.9 Å². The molecule has 0 aromatic heterocycles. The Labute approximate surface area is 310 Å². The minimum absolute atomic E-state index is 0.0529. The summed E-state index contributed by atoms with van der Waals surface area (Å²) in [5.41, 5.74) is 20.9. The monoisotopic (exact) mass is 672 g/mol. The second-order valence-corrected chi connectivity index (χ2v) is 15.2. The highest BCUT2D eigenvalue weighted by molar-refractivity contribution is 6.28. The Morgan fingerprint density at radius 1 is 0.283 bits per heavy atom. The molecule has 0 N–H and O–H groups in total. The van der Waals surface area contributed by atoms with Crippen LogP contribution in [0.25, 0.3) is 99.4 Å². The molecule has 0 fully saturated rings. The summed E-state index contributed by atoms with van der Waals surface area (Å²) in [6, 6.07) is 67.7. The van der Waals surface area contributed by atoms with Gasteiger partial charge in [0, 0.05) is 5.41 Å². The van der Waals surface area contributed by atoms with E-state index in [2.05, 4.69) is 196 Å². The van der Waals surface area contributed by atoms with Gasteiger partial charge >= 0.3 is 0 Å². The molecular weight excluding hydrogens is 637 g/mol. The van der Waals surface area contributed by atoms with Crippen molar-refractivity contribution in [2.24, 2.45) is 0 Å². The number of hydrogen-bond donors (Lipinski definition) is 0. The van der Waals surface area contributed by atoms with E-state index < -0.39 is 0 Å². The van der Waals surface area contributed by atoms with Crippen LogP contribution in [0.3, 0.4) is 0 Å². The molecule has 2 aliphatic carbocycles. The van der Waals surface area contributed by atoms with E-state index in [1.165, 1.54) is 111 Å². The summed E-state index contributed by atoms with van der Waals surface area (Å²) in [4.78, 5) is 0. The molecule has 0 spiro atoms. The standard InChI is InChI=1S/C53H36/c1-53(2)46-23-12-11-18-39(46)40-29-28-37(32-47(40)53)38-30-31-45-50-41(38)21-13-22-44(50)51-49(36-26-24-34(25-27-36)33-14-5-3-6-15-33)43-20-10-9-19-42(43)48(52(45)51)35-16-7-4-8-17-35/h3-32H,1-2H3. The zero-order valence-electron chi connectivity index (χ0n) is 29.8. The minimum Gasteiger partial charge on any atom is -0.0622 e. The quantitative estimate of drug-likeness (QED) is 0.175. The molecule has 0 bridgehead atoms. The van der Waals surface area contributed by atoms with Crippen LogP contribution in [0.1, 0.15) is 25.0 Å². The van der Waals surface area contributed by atoms with E-state index in [-0.39, 0.29) is 5.41 Å². The second-order valence-electron chi connectivity index (χ2n) is 15.2. The predicted octanol–water partition coefficient (Wildman–Crippen LogP) is 14.6. The Morgan fingerprint density at radius 2 is 0.736 bits per heavy atom. The maximum atomic E-state index is 2.46. The molecule has 0 saturated heterocycles. The predicted molar refractivity (Wildman–Crippen MR) is 225 cm³/mol. The van der Waals surface area contributed by atoms with Gasteiger partial charge in [0.05, 0.1) is 0 Å². The van der Waals surface area contributed by atoms with Gasteiger partial charge in [0.1, 0.15) is 0 Å². The van der Waals surface area contributed by atoms with Crippen LogP contribution in [0.15, 0.2) is 182 Å². The van der Waals surface area contributed by atoms with E-state index in [9.17, 15) is 0 Å². The molecule has 0 saturated carbocycles. The average molecular weight is 673 g/mol. The van der Waals surface area contributed by atoms with Gasteiger partial charge in [0.15, 0.2) is 0 Å². The molecule has 0 unspecified atom stereocenters. The maximum Gasteiger partial charge on any atom is 0.0159 e. The van der Waals surface area contributed by atoms with Crippen molar-refractivity contribution in [1.82, 2.24) is 0 Å². The summed E-state index contributed by atoms with van der Waals surface area (Å²) in [7, 11) is 0. The first kappa shape index (κ1) is 30.2. The lowest BCUT2D eigenvalue weighted by atomic mass is 9.81. The Balaban J connectivity index is 1.18. The van der Waals surface area contributed by atoms with E-state index in [0.717, 1.165) is 0 Å². The lowest BCUT2D eigenvalue weighted by Crippen LogP contribution is -2.14. The van der Waals surface area contributed by atoms with Crippen molar-refractivity contribution in [3.05, 3.63) is 193 Å². The van der Waals surface area contributed by atoms with E-state index in [0.29, 0.717) is 0 Å². The smallest absolute Gasteiger partial charge is 0.0159 e. The van der Waals surface area contributed by atoms with Crippen molar-refractivity contribution < 1.29 is 0 Å². The Kier molecular flexibility index (Phi) is 6.40. The molecule has 9 aromatic carbocycles. The minimum atomic E-state index is -0.0529. The Bertz CT molecular complexity index is 2930. The second kappa shape index (κ2) is 11.2. The Hall–Kier alpha value is -6.50. The lowest BCUT2D eigenvalue weighted by molar-refractivity contribution is 0.660. The summed E-state index contributed by atoms with van der Waals surface area (Å²) in [6.07, 6.45) is 0. The van der Waals surface area contributed by atoms with Gasteiger partial charge in [-0.15, -0.1) is 0 Å². The molecule has 0 atom stereocenters. The van der Waals surface area contributed by atoms with Crippen LogP contribution in [-0.2, 0) is 5.41 Å². The molecule has 0 amide bonds. The van der Waals surface area contributed by atoms with E-state index in [1.54, 1.807) is 0 Å². The number of benzene rings is 9. The fourth-order valence-corrected chi connectivity index (χ4v) is 9.59. The van der Waals surface area contributed by atoms with Crippen molar-refractivity contribution in [2.75, 3.05) is 0 Å². The molecule has 9 aromatic rings. The van der Waals surface area contributed by atoms with Gasteiger partial charge in [0.2, 0.25) is 0 Å². The summed E-state index contributed by atoms with van der Waals surface area (Å²) in [5, 5.41) is 5.21. The van der Waals surface area contributed by atoms with Crippen LogP contribution in [0.4, 0.5) is 0 Å². The van der Waals surface area contributed by atoms with Crippen molar-refractivity contribution in [1.29, 1.82) is 0 Å². The topological polar surface area (TPSA) is 0 Å². The van der Waals surface area contributed by atoms with Gasteiger partial charge in [-0.1, -0.05) is 190 Å². The highest BCUT2D eigenvalue weighted by Crippen LogP contribution is 2.59. The zero-order valence-corrected chi connectivity index (χ0v) is 29.8. The molecule has 0 nitrogen and oxygen atoms in total. The van der Waals surface area contributed by atoms with Gasteiger partial charge < -0.3 is 0 Å². The molecule has 248 valence electrons. The fourth-order valence-electron chi connectivity index (χ4n) is 9.59. The fraction of sp³-hybridized carbons (Fsp3) is 0.0566. The third kappa shape index (κ3) is 4.30. The lowest BCUT2D eigenvalue weighted by Gasteiger charge is -2.22. The number of hydrogen-bond acceptors (Lipinski definition) is 0. The maximum absolute atomic E-state index is 2.46. The van der Waals surface area contributed by atoms with Gasteiger partial charge in [-0.05, 0) is 117 Å². The van der Waals surface area contributed by atoms with Gasteiger partial charge in [-0.3, -0.25) is 0 Å². The van der Waals surface area contributed by atoms with Crippen LogP contribution in [0.5, 0.6) is 0 Å². The molecule has 0 heteroatoms. The Morgan fingerprint density at radius 3 is 1.45 bits per heavy atom. The van der Waals surface area contributed by atoms with Crippen LogP contribution < -0.4 is 0 Å². The largest absolute Gasteiger partial charge is 0.0622 e. The summed E-state index contributed by atoms with van der Waals surface area (Å²) in [5.74, 6) is 0.